The van der Waals surface area contributed by atoms with Crippen LogP contribution in [0.15, 0.2) is 30.5 Å². The molecule has 0 aliphatic heterocycles. The molecule has 19 heavy (non-hydrogen) atoms. The van der Waals surface area contributed by atoms with E-state index in [0.29, 0.717) is 22.3 Å². The van der Waals surface area contributed by atoms with Gasteiger partial charge in [0.05, 0.1) is 16.3 Å². The van der Waals surface area contributed by atoms with Crippen molar-refractivity contribution in [2.75, 3.05) is 0 Å². The molecule has 0 saturated carbocycles. The number of ether oxygens (including phenoxy) is 1. The van der Waals surface area contributed by atoms with Gasteiger partial charge in [-0.3, -0.25) is 0 Å². The second-order valence-corrected chi connectivity index (χ2v) is 4.22. The number of nitrogens with zero attached hydrogens (tertiary/aromatic N) is 2. The molecule has 6 heteroatoms. The second kappa shape index (κ2) is 5.67. The number of hydrogen-bond donors (Lipinski definition) is 1. The standard InChI is InChI=1S/C13H11ClN2O3/c1-8-9(13(17)18)6-15-12(16-8)7-19-11-5-3-2-4-10(11)14/h2-6H,7H2,1H3,(H,17,18). The summed E-state index contributed by atoms with van der Waals surface area (Å²) in [5, 5.41) is 9.37. The summed E-state index contributed by atoms with van der Waals surface area (Å²) in [7, 11) is 0. The number of carbonyl (C=O) groups is 1. The number of carboxylic acids is 1. The van der Waals surface area contributed by atoms with Gasteiger partial charge in [0.1, 0.15) is 12.4 Å². The van der Waals surface area contributed by atoms with Gasteiger partial charge < -0.3 is 9.84 Å². The summed E-state index contributed by atoms with van der Waals surface area (Å²) in [4.78, 5) is 18.9. The van der Waals surface area contributed by atoms with Crippen molar-refractivity contribution in [3.8, 4) is 5.75 Å². The largest absolute Gasteiger partial charge is 0.484 e. The van der Waals surface area contributed by atoms with Gasteiger partial charge in [-0.05, 0) is 19.1 Å². The number of aromatic nitrogens is 2. The van der Waals surface area contributed by atoms with Crippen molar-refractivity contribution in [1.29, 1.82) is 0 Å². The van der Waals surface area contributed by atoms with Crippen LogP contribution < -0.4 is 4.74 Å². The molecular formula is C13H11ClN2O3. The van der Waals surface area contributed by atoms with Crippen molar-refractivity contribution < 1.29 is 14.6 Å². The number of benzene rings is 1. The molecule has 5 nitrogen and oxygen atoms in total. The number of aryl methyl sites for hydroxylation is 1. The number of rotatable bonds is 4. The lowest BCUT2D eigenvalue weighted by Gasteiger charge is -2.07. The lowest BCUT2D eigenvalue weighted by atomic mass is 10.2. The lowest BCUT2D eigenvalue weighted by molar-refractivity contribution is 0.0695. The Morgan fingerprint density at radius 2 is 2.16 bits per heavy atom. The van der Waals surface area contributed by atoms with E-state index in [1.165, 1.54) is 6.20 Å². The minimum Gasteiger partial charge on any atom is -0.484 e. The highest BCUT2D eigenvalue weighted by molar-refractivity contribution is 6.32. The van der Waals surface area contributed by atoms with Crippen LogP contribution in [0.25, 0.3) is 0 Å². The molecule has 0 spiro atoms. The first kappa shape index (κ1) is 13.3. The van der Waals surface area contributed by atoms with E-state index in [4.69, 9.17) is 21.4 Å². The highest BCUT2D eigenvalue weighted by Gasteiger charge is 2.10. The first-order chi connectivity index (χ1) is 9.08. The summed E-state index contributed by atoms with van der Waals surface area (Å²) in [6, 6.07) is 7.07. The van der Waals surface area contributed by atoms with Crippen LogP contribution in [-0.2, 0) is 6.61 Å². The van der Waals surface area contributed by atoms with Crippen molar-refractivity contribution in [2.45, 2.75) is 13.5 Å². The third-order valence-corrected chi connectivity index (χ3v) is 2.77. The second-order valence-electron chi connectivity index (χ2n) is 3.81. The van der Waals surface area contributed by atoms with Crippen LogP contribution in [0.5, 0.6) is 5.75 Å². The molecular weight excluding hydrogens is 268 g/mol. The van der Waals surface area contributed by atoms with Gasteiger partial charge in [0, 0.05) is 6.20 Å². The molecule has 98 valence electrons. The molecule has 0 saturated heterocycles. The Balaban J connectivity index is 2.11. The molecule has 0 atom stereocenters. The Morgan fingerprint density at radius 1 is 1.42 bits per heavy atom. The summed E-state index contributed by atoms with van der Waals surface area (Å²) in [5.41, 5.74) is 0.488. The zero-order valence-electron chi connectivity index (χ0n) is 10.1. The van der Waals surface area contributed by atoms with Crippen LogP contribution in [0.4, 0.5) is 0 Å². The molecule has 2 aromatic rings. The number of carboxylic acid groups (broad SMARTS) is 1. The van der Waals surface area contributed by atoms with E-state index in [9.17, 15) is 4.79 Å². The molecule has 2 rings (SSSR count). The van der Waals surface area contributed by atoms with Gasteiger partial charge in [-0.2, -0.15) is 0 Å². The summed E-state index contributed by atoms with van der Waals surface area (Å²) in [5.74, 6) is -0.105. The summed E-state index contributed by atoms with van der Waals surface area (Å²) in [6.45, 7) is 1.74. The van der Waals surface area contributed by atoms with Crippen molar-refractivity contribution in [3.63, 3.8) is 0 Å². The SMILES string of the molecule is Cc1nc(COc2ccccc2Cl)ncc1C(=O)O. The van der Waals surface area contributed by atoms with Crippen molar-refractivity contribution in [1.82, 2.24) is 9.97 Å². The Hall–Kier alpha value is -2.14. The fourth-order valence-corrected chi connectivity index (χ4v) is 1.69. The van der Waals surface area contributed by atoms with Gasteiger partial charge in [-0.1, -0.05) is 23.7 Å². The third-order valence-electron chi connectivity index (χ3n) is 2.45. The molecule has 0 amide bonds. The van der Waals surface area contributed by atoms with Crippen molar-refractivity contribution >= 4 is 17.6 Å². The highest BCUT2D eigenvalue weighted by Crippen LogP contribution is 2.23. The normalized spacial score (nSPS) is 10.2. The van der Waals surface area contributed by atoms with Crippen LogP contribution in [0.1, 0.15) is 21.9 Å². The van der Waals surface area contributed by atoms with Crippen LogP contribution in [0, 0.1) is 6.92 Å². The molecule has 1 aromatic carbocycles. The van der Waals surface area contributed by atoms with E-state index in [1.807, 2.05) is 0 Å². The maximum Gasteiger partial charge on any atom is 0.339 e. The van der Waals surface area contributed by atoms with Crippen molar-refractivity contribution in [2.24, 2.45) is 0 Å². The topological polar surface area (TPSA) is 72.3 Å². The molecule has 1 heterocycles. The molecule has 0 bridgehead atoms. The number of para-hydroxylation sites is 1. The van der Waals surface area contributed by atoms with Crippen LogP contribution >= 0.6 is 11.6 Å². The van der Waals surface area contributed by atoms with Crippen LogP contribution in [0.2, 0.25) is 5.02 Å². The van der Waals surface area contributed by atoms with Gasteiger partial charge in [0.25, 0.3) is 0 Å². The Morgan fingerprint density at radius 3 is 2.79 bits per heavy atom. The smallest absolute Gasteiger partial charge is 0.339 e. The average Bonchev–Trinajstić information content (AvgIpc) is 2.37. The third kappa shape index (κ3) is 3.20. The maximum atomic E-state index is 10.8. The van der Waals surface area contributed by atoms with E-state index < -0.39 is 5.97 Å². The van der Waals surface area contributed by atoms with Crippen LogP contribution in [0.3, 0.4) is 0 Å². The van der Waals surface area contributed by atoms with E-state index >= 15 is 0 Å². The lowest BCUT2D eigenvalue weighted by Crippen LogP contribution is -2.08. The Labute approximate surface area is 114 Å². The predicted molar refractivity (Wildman–Crippen MR) is 69.5 cm³/mol. The maximum absolute atomic E-state index is 10.8. The summed E-state index contributed by atoms with van der Waals surface area (Å²) >= 11 is 5.95. The minimum absolute atomic E-state index is 0.0847. The molecule has 1 N–H and O–H groups in total. The zero-order chi connectivity index (χ0) is 13.8. The fraction of sp³-hybridized carbons (Fsp3) is 0.154. The number of halogens is 1. The molecule has 1 aromatic heterocycles. The van der Waals surface area contributed by atoms with Crippen LogP contribution in [-0.4, -0.2) is 21.0 Å². The molecule has 0 aliphatic carbocycles. The van der Waals surface area contributed by atoms with Gasteiger partial charge in [-0.25, -0.2) is 14.8 Å². The van der Waals surface area contributed by atoms with E-state index in [1.54, 1.807) is 31.2 Å². The van der Waals surface area contributed by atoms with Crippen molar-refractivity contribution in [3.05, 3.63) is 52.6 Å². The number of hydrogen-bond acceptors (Lipinski definition) is 4. The van der Waals surface area contributed by atoms with Gasteiger partial charge in [0.15, 0.2) is 5.82 Å². The molecule has 0 fully saturated rings. The minimum atomic E-state index is -1.05. The van der Waals surface area contributed by atoms with Gasteiger partial charge in [0.2, 0.25) is 0 Å². The van der Waals surface area contributed by atoms with E-state index in [0.717, 1.165) is 0 Å². The Kier molecular flexibility index (Phi) is 3.97. The monoisotopic (exact) mass is 278 g/mol. The van der Waals surface area contributed by atoms with E-state index in [-0.39, 0.29) is 12.2 Å². The number of aromatic carboxylic acids is 1. The summed E-state index contributed by atoms with van der Waals surface area (Å²) < 4.78 is 5.47. The van der Waals surface area contributed by atoms with Gasteiger partial charge in [-0.15, -0.1) is 0 Å². The highest BCUT2D eigenvalue weighted by atomic mass is 35.5. The fourth-order valence-electron chi connectivity index (χ4n) is 1.50. The molecule has 0 aliphatic rings. The Bertz CT molecular complexity index is 617. The predicted octanol–water partition coefficient (Wildman–Crippen LogP) is 2.72. The van der Waals surface area contributed by atoms with Gasteiger partial charge >= 0.3 is 5.97 Å². The molecule has 0 unspecified atom stereocenters. The first-order valence-electron chi connectivity index (χ1n) is 5.51. The first-order valence-corrected chi connectivity index (χ1v) is 5.89. The summed E-state index contributed by atoms with van der Waals surface area (Å²) in [6.07, 6.45) is 1.27. The quantitative estimate of drug-likeness (QED) is 0.931. The average molecular weight is 279 g/mol. The molecule has 0 radical (unpaired) electrons. The van der Waals surface area contributed by atoms with E-state index in [2.05, 4.69) is 9.97 Å². The zero-order valence-corrected chi connectivity index (χ0v) is 10.9.